The van der Waals surface area contributed by atoms with Crippen LogP contribution in [0.3, 0.4) is 0 Å². The fourth-order valence-corrected chi connectivity index (χ4v) is 3.53. The van der Waals surface area contributed by atoms with Gasteiger partial charge in [0, 0.05) is 30.0 Å². The average Bonchev–Trinajstić information content (AvgIpc) is 2.91. The molecule has 1 amide bonds. The van der Waals surface area contributed by atoms with Crippen molar-refractivity contribution >= 4 is 12.1 Å². The van der Waals surface area contributed by atoms with Gasteiger partial charge in [-0.2, -0.15) is 0 Å². The number of methoxy groups -OCH3 is 1. The zero-order valence-electron chi connectivity index (χ0n) is 17.3. The highest BCUT2D eigenvalue weighted by atomic mass is 16.6. The van der Waals surface area contributed by atoms with E-state index < -0.39 is 29.8 Å². The van der Waals surface area contributed by atoms with E-state index in [1.807, 2.05) is 36.4 Å². The molecule has 0 N–H and O–H groups in total. The lowest BCUT2D eigenvalue weighted by molar-refractivity contribution is -0.150. The fourth-order valence-electron chi connectivity index (χ4n) is 3.53. The van der Waals surface area contributed by atoms with Crippen LogP contribution in [0.4, 0.5) is 4.79 Å². The molecule has 1 fully saturated rings. The van der Waals surface area contributed by atoms with Gasteiger partial charge in [0.2, 0.25) is 0 Å². The number of nitrogens with zero attached hydrogens (tertiary/aromatic N) is 1. The Morgan fingerprint density at radius 1 is 1.17 bits per heavy atom. The minimum Gasteiger partial charge on any atom is -0.467 e. The quantitative estimate of drug-likeness (QED) is 0.538. The van der Waals surface area contributed by atoms with E-state index in [0.717, 1.165) is 11.1 Å². The second-order valence-electron chi connectivity index (χ2n) is 8.16. The van der Waals surface area contributed by atoms with Crippen molar-refractivity contribution < 1.29 is 23.8 Å². The number of esters is 1. The third kappa shape index (κ3) is 5.18. The maximum atomic E-state index is 12.7. The second-order valence-corrected chi connectivity index (χ2v) is 8.16. The summed E-state index contributed by atoms with van der Waals surface area (Å²) < 4.78 is 16.4. The van der Waals surface area contributed by atoms with E-state index in [1.54, 1.807) is 20.8 Å². The molecule has 2 heterocycles. The number of amides is 1. The van der Waals surface area contributed by atoms with Crippen LogP contribution in [-0.4, -0.2) is 55.0 Å². The van der Waals surface area contributed by atoms with Crippen molar-refractivity contribution in [2.24, 2.45) is 5.92 Å². The summed E-state index contributed by atoms with van der Waals surface area (Å²) >= 11 is 0. The third-order valence-electron chi connectivity index (χ3n) is 4.79. The number of likely N-dealkylation sites (tertiary alicyclic amines) is 1. The van der Waals surface area contributed by atoms with Gasteiger partial charge >= 0.3 is 12.1 Å². The van der Waals surface area contributed by atoms with Crippen LogP contribution in [0, 0.1) is 17.8 Å². The number of carbonyl (C=O) groups excluding carboxylic acids is 2. The third-order valence-corrected chi connectivity index (χ3v) is 4.79. The predicted molar refractivity (Wildman–Crippen MR) is 108 cm³/mol. The van der Waals surface area contributed by atoms with E-state index >= 15 is 0 Å². The summed E-state index contributed by atoms with van der Waals surface area (Å²) in [6, 6.07) is 8.92. The van der Waals surface area contributed by atoms with E-state index in [-0.39, 0.29) is 5.92 Å². The van der Waals surface area contributed by atoms with Crippen LogP contribution in [0.15, 0.2) is 42.0 Å². The van der Waals surface area contributed by atoms with Gasteiger partial charge in [0.25, 0.3) is 0 Å². The normalized spacial score (nSPS) is 23.8. The van der Waals surface area contributed by atoms with Crippen molar-refractivity contribution in [2.45, 2.75) is 44.9 Å². The van der Waals surface area contributed by atoms with Gasteiger partial charge in [-0.3, -0.25) is 4.90 Å². The summed E-state index contributed by atoms with van der Waals surface area (Å²) in [7, 11) is 1.31. The maximum Gasteiger partial charge on any atom is 0.411 e. The fraction of sp³-hybridized carbons (Fsp3) is 0.478. The SMILES string of the molecule is COC(=O)[C@@H]1[C@@H]2OCCC(C#Cc3ccccc3)=C[C@H]2CN1C(=O)OC(C)(C)C. The Bertz CT molecular complexity index is 844. The Balaban J connectivity index is 1.85. The Hall–Kier alpha value is -2.78. The van der Waals surface area contributed by atoms with E-state index in [4.69, 9.17) is 14.2 Å². The van der Waals surface area contributed by atoms with E-state index in [1.165, 1.54) is 12.0 Å². The molecule has 3 rings (SSSR count). The minimum absolute atomic E-state index is 0.158. The number of hydrogen-bond acceptors (Lipinski definition) is 5. The lowest BCUT2D eigenvalue weighted by Gasteiger charge is -2.28. The molecule has 2 aliphatic heterocycles. The highest BCUT2D eigenvalue weighted by Gasteiger charge is 2.50. The van der Waals surface area contributed by atoms with Gasteiger partial charge in [-0.25, -0.2) is 9.59 Å². The summed E-state index contributed by atoms with van der Waals surface area (Å²) in [5, 5.41) is 0. The van der Waals surface area contributed by atoms with E-state index in [2.05, 4.69) is 11.8 Å². The van der Waals surface area contributed by atoms with Crippen molar-refractivity contribution in [1.82, 2.24) is 4.90 Å². The first kappa shape index (κ1) is 20.9. The zero-order chi connectivity index (χ0) is 21.0. The largest absolute Gasteiger partial charge is 0.467 e. The van der Waals surface area contributed by atoms with Crippen molar-refractivity contribution in [3.8, 4) is 11.8 Å². The van der Waals surface area contributed by atoms with Crippen LogP contribution in [0.2, 0.25) is 0 Å². The molecule has 0 bridgehead atoms. The monoisotopic (exact) mass is 397 g/mol. The van der Waals surface area contributed by atoms with E-state index in [0.29, 0.717) is 19.6 Å². The molecule has 154 valence electrons. The number of fused-ring (bicyclic) bond motifs is 1. The summed E-state index contributed by atoms with van der Waals surface area (Å²) in [5.74, 6) is 5.71. The van der Waals surface area contributed by atoms with Gasteiger partial charge in [-0.05, 0) is 32.9 Å². The number of ether oxygens (including phenoxy) is 3. The molecule has 0 saturated carbocycles. The molecule has 29 heavy (non-hydrogen) atoms. The lowest BCUT2D eigenvalue weighted by atomic mass is 9.99. The van der Waals surface area contributed by atoms with Crippen molar-refractivity contribution in [1.29, 1.82) is 0 Å². The molecule has 0 spiro atoms. The van der Waals surface area contributed by atoms with Crippen LogP contribution in [0.25, 0.3) is 0 Å². The number of hydrogen-bond donors (Lipinski definition) is 0. The molecule has 0 aromatic heterocycles. The topological polar surface area (TPSA) is 65.1 Å². The average molecular weight is 397 g/mol. The van der Waals surface area contributed by atoms with Gasteiger partial charge in [-0.1, -0.05) is 36.1 Å². The summed E-state index contributed by atoms with van der Waals surface area (Å²) in [5.41, 5.74) is 1.21. The Kier molecular flexibility index (Phi) is 6.29. The molecule has 3 atom stereocenters. The van der Waals surface area contributed by atoms with Gasteiger partial charge in [0.1, 0.15) is 5.60 Å². The van der Waals surface area contributed by atoms with Crippen LogP contribution in [0.1, 0.15) is 32.8 Å². The molecule has 1 aromatic rings. The Labute approximate surface area is 171 Å². The molecular weight excluding hydrogens is 370 g/mol. The molecule has 6 heteroatoms. The first-order valence-electron chi connectivity index (χ1n) is 9.75. The highest BCUT2D eigenvalue weighted by Crippen LogP contribution is 2.33. The molecule has 1 aromatic carbocycles. The van der Waals surface area contributed by atoms with Gasteiger partial charge in [0.05, 0.1) is 19.8 Å². The zero-order valence-corrected chi connectivity index (χ0v) is 17.3. The molecular formula is C23H27NO5. The number of carbonyl (C=O) groups is 2. The molecule has 2 aliphatic rings. The maximum absolute atomic E-state index is 12.7. The van der Waals surface area contributed by atoms with Crippen LogP contribution < -0.4 is 0 Å². The summed E-state index contributed by atoms with van der Waals surface area (Å²) in [6.07, 6.45) is 1.65. The molecule has 0 aliphatic carbocycles. The molecule has 0 radical (unpaired) electrons. The van der Waals surface area contributed by atoms with E-state index in [9.17, 15) is 9.59 Å². The molecule has 0 unspecified atom stereocenters. The first-order valence-corrected chi connectivity index (χ1v) is 9.75. The molecule has 1 saturated heterocycles. The predicted octanol–water partition coefficient (Wildman–Crippen LogP) is 3.16. The smallest absolute Gasteiger partial charge is 0.411 e. The lowest BCUT2D eigenvalue weighted by Crippen LogP contribution is -2.48. The minimum atomic E-state index is -0.836. The standard InChI is InChI=1S/C23H27NO5/c1-23(2,3)29-22(26)24-15-18-14-17(11-10-16-8-6-5-7-9-16)12-13-28-20(18)19(24)21(25)27-4/h5-9,14,18-20H,12-13,15H2,1-4H3/t18-,19-,20+/m0/s1. The summed E-state index contributed by atoms with van der Waals surface area (Å²) in [6.45, 7) is 6.11. The van der Waals surface area contributed by atoms with Crippen molar-refractivity contribution in [3.05, 3.63) is 47.5 Å². The van der Waals surface area contributed by atoms with Gasteiger partial charge < -0.3 is 14.2 Å². The first-order chi connectivity index (χ1) is 13.8. The molecule has 6 nitrogen and oxygen atoms in total. The Morgan fingerprint density at radius 2 is 1.90 bits per heavy atom. The number of rotatable bonds is 1. The van der Waals surface area contributed by atoms with Crippen molar-refractivity contribution in [2.75, 3.05) is 20.3 Å². The number of benzene rings is 1. The van der Waals surface area contributed by atoms with Crippen LogP contribution in [-0.2, 0) is 19.0 Å². The van der Waals surface area contributed by atoms with Crippen molar-refractivity contribution in [3.63, 3.8) is 0 Å². The van der Waals surface area contributed by atoms with Gasteiger partial charge in [0.15, 0.2) is 6.04 Å². The van der Waals surface area contributed by atoms with Crippen LogP contribution >= 0.6 is 0 Å². The highest BCUT2D eigenvalue weighted by molar-refractivity contribution is 5.83. The second kappa shape index (κ2) is 8.71. The van der Waals surface area contributed by atoms with Crippen LogP contribution in [0.5, 0.6) is 0 Å². The summed E-state index contributed by atoms with van der Waals surface area (Å²) in [4.78, 5) is 26.6. The Morgan fingerprint density at radius 3 is 2.55 bits per heavy atom. The van der Waals surface area contributed by atoms with Gasteiger partial charge in [-0.15, -0.1) is 0 Å².